The molecule has 2 rings (SSSR count). The molecule has 0 amide bonds. The summed E-state index contributed by atoms with van der Waals surface area (Å²) in [6.45, 7) is 1.69. The molecule has 0 saturated carbocycles. The van der Waals surface area contributed by atoms with Crippen molar-refractivity contribution in [3.63, 3.8) is 0 Å². The van der Waals surface area contributed by atoms with Gasteiger partial charge in [-0.25, -0.2) is 8.42 Å². The first-order valence-electron chi connectivity index (χ1n) is 6.21. The summed E-state index contributed by atoms with van der Waals surface area (Å²) in [5.41, 5.74) is 1.44. The molecule has 0 aliphatic carbocycles. The number of rotatable bonds is 4. The highest BCUT2D eigenvalue weighted by atomic mass is 32.2. The number of nitrogens with zero attached hydrogens (tertiary/aromatic N) is 1. The third-order valence-electron chi connectivity index (χ3n) is 2.99. The number of aromatic hydroxyl groups is 1. The van der Waals surface area contributed by atoms with Crippen molar-refractivity contribution in [1.82, 2.24) is 0 Å². The molecule has 2 aromatic carbocycles. The van der Waals surface area contributed by atoms with E-state index in [1.165, 1.54) is 24.3 Å². The number of nitriles is 1. The van der Waals surface area contributed by atoms with Crippen molar-refractivity contribution in [3.05, 3.63) is 53.6 Å². The average molecular weight is 302 g/mol. The minimum Gasteiger partial charge on any atom is -0.508 e. The van der Waals surface area contributed by atoms with Crippen molar-refractivity contribution >= 4 is 15.7 Å². The Kier molecular flexibility index (Phi) is 4.15. The molecule has 0 radical (unpaired) electrons. The summed E-state index contributed by atoms with van der Waals surface area (Å²) < 4.78 is 27.4. The zero-order chi connectivity index (χ0) is 15.5. The SMILES string of the molecule is Cc1cc(O)ccc1NS(=O)(=O)c1ccccc1CC#N. The fourth-order valence-electron chi connectivity index (χ4n) is 1.96. The van der Waals surface area contributed by atoms with Gasteiger partial charge in [-0.3, -0.25) is 4.72 Å². The van der Waals surface area contributed by atoms with Gasteiger partial charge in [-0.2, -0.15) is 5.26 Å². The maximum Gasteiger partial charge on any atom is 0.262 e. The van der Waals surface area contributed by atoms with E-state index >= 15 is 0 Å². The second-order valence-corrected chi connectivity index (χ2v) is 6.20. The second-order valence-electron chi connectivity index (χ2n) is 4.55. The molecule has 0 spiro atoms. The van der Waals surface area contributed by atoms with Gasteiger partial charge in [-0.15, -0.1) is 0 Å². The third kappa shape index (κ3) is 3.33. The highest BCUT2D eigenvalue weighted by Crippen LogP contribution is 2.24. The van der Waals surface area contributed by atoms with Crippen LogP contribution < -0.4 is 4.72 Å². The van der Waals surface area contributed by atoms with Crippen molar-refractivity contribution in [2.75, 3.05) is 4.72 Å². The smallest absolute Gasteiger partial charge is 0.262 e. The summed E-state index contributed by atoms with van der Waals surface area (Å²) in [5, 5.41) is 18.1. The molecular formula is C15H14N2O3S. The van der Waals surface area contributed by atoms with E-state index in [1.807, 2.05) is 6.07 Å². The molecular weight excluding hydrogens is 288 g/mol. The van der Waals surface area contributed by atoms with E-state index < -0.39 is 10.0 Å². The van der Waals surface area contributed by atoms with Crippen LogP contribution in [-0.2, 0) is 16.4 Å². The predicted molar refractivity (Wildman–Crippen MR) is 79.4 cm³/mol. The topological polar surface area (TPSA) is 90.2 Å². The van der Waals surface area contributed by atoms with E-state index in [1.54, 1.807) is 25.1 Å². The van der Waals surface area contributed by atoms with Crippen LogP contribution in [0.4, 0.5) is 5.69 Å². The van der Waals surface area contributed by atoms with E-state index in [0.29, 0.717) is 16.8 Å². The van der Waals surface area contributed by atoms with Gasteiger partial charge in [0, 0.05) is 0 Å². The quantitative estimate of drug-likeness (QED) is 0.849. The van der Waals surface area contributed by atoms with Crippen LogP contribution in [0.1, 0.15) is 11.1 Å². The van der Waals surface area contributed by atoms with Gasteiger partial charge in [0.25, 0.3) is 10.0 Å². The van der Waals surface area contributed by atoms with Gasteiger partial charge in [0.1, 0.15) is 5.75 Å². The van der Waals surface area contributed by atoms with Crippen LogP contribution in [0.3, 0.4) is 0 Å². The summed E-state index contributed by atoms with van der Waals surface area (Å²) >= 11 is 0. The van der Waals surface area contributed by atoms with Crippen LogP contribution in [0.5, 0.6) is 5.75 Å². The lowest BCUT2D eigenvalue weighted by atomic mass is 10.2. The molecule has 5 nitrogen and oxygen atoms in total. The monoisotopic (exact) mass is 302 g/mol. The molecule has 0 heterocycles. The number of aryl methyl sites for hydroxylation is 1. The lowest BCUT2D eigenvalue weighted by Crippen LogP contribution is -2.15. The van der Waals surface area contributed by atoms with Crippen LogP contribution in [0.15, 0.2) is 47.4 Å². The van der Waals surface area contributed by atoms with Crippen molar-refractivity contribution in [1.29, 1.82) is 5.26 Å². The van der Waals surface area contributed by atoms with E-state index in [4.69, 9.17) is 5.26 Å². The minimum atomic E-state index is -3.78. The highest BCUT2D eigenvalue weighted by molar-refractivity contribution is 7.92. The minimum absolute atomic E-state index is 0.0195. The highest BCUT2D eigenvalue weighted by Gasteiger charge is 2.18. The third-order valence-corrected chi connectivity index (χ3v) is 4.45. The fourth-order valence-corrected chi connectivity index (χ4v) is 3.33. The normalized spacial score (nSPS) is 10.9. The Morgan fingerprint density at radius 2 is 1.95 bits per heavy atom. The number of benzene rings is 2. The van der Waals surface area contributed by atoms with Gasteiger partial charge in [0.05, 0.1) is 23.1 Å². The molecule has 108 valence electrons. The number of phenols is 1. The lowest BCUT2D eigenvalue weighted by molar-refractivity contribution is 0.475. The zero-order valence-corrected chi connectivity index (χ0v) is 12.2. The molecule has 2 N–H and O–H groups in total. The Morgan fingerprint density at radius 3 is 2.62 bits per heavy atom. The number of anilines is 1. The Bertz CT molecular complexity index is 808. The van der Waals surface area contributed by atoms with Gasteiger partial charge in [-0.1, -0.05) is 18.2 Å². The predicted octanol–water partition coefficient (Wildman–Crippen LogP) is 2.57. The Balaban J connectivity index is 2.41. The number of sulfonamides is 1. The van der Waals surface area contributed by atoms with Crippen molar-refractivity contribution < 1.29 is 13.5 Å². The summed E-state index contributed by atoms with van der Waals surface area (Å²) in [6, 6.07) is 12.7. The first-order valence-corrected chi connectivity index (χ1v) is 7.69. The summed E-state index contributed by atoms with van der Waals surface area (Å²) in [4.78, 5) is 0.0824. The zero-order valence-electron chi connectivity index (χ0n) is 11.4. The van der Waals surface area contributed by atoms with Gasteiger partial charge in [-0.05, 0) is 42.3 Å². The number of hydrogen-bond acceptors (Lipinski definition) is 4. The van der Waals surface area contributed by atoms with Gasteiger partial charge in [0.15, 0.2) is 0 Å². The summed E-state index contributed by atoms with van der Waals surface area (Å²) in [6.07, 6.45) is 0.0195. The van der Waals surface area contributed by atoms with Crippen molar-refractivity contribution in [2.45, 2.75) is 18.2 Å². The van der Waals surface area contributed by atoms with Crippen molar-refractivity contribution in [2.24, 2.45) is 0 Å². The van der Waals surface area contributed by atoms with Gasteiger partial charge < -0.3 is 5.11 Å². The van der Waals surface area contributed by atoms with Crippen molar-refractivity contribution in [3.8, 4) is 11.8 Å². The van der Waals surface area contributed by atoms with Gasteiger partial charge in [0.2, 0.25) is 0 Å². The van der Waals surface area contributed by atoms with Crippen LogP contribution in [0.2, 0.25) is 0 Å². The molecule has 6 heteroatoms. The number of nitrogens with one attached hydrogen (secondary N) is 1. The molecule has 21 heavy (non-hydrogen) atoms. The molecule has 0 unspecified atom stereocenters. The molecule has 0 saturated heterocycles. The second kappa shape index (κ2) is 5.85. The molecule has 0 bridgehead atoms. The first kappa shape index (κ1) is 14.9. The average Bonchev–Trinajstić information content (AvgIpc) is 2.43. The Labute approximate surface area is 123 Å². The van der Waals surface area contributed by atoms with E-state index in [0.717, 1.165) is 0 Å². The van der Waals surface area contributed by atoms with Crippen LogP contribution >= 0.6 is 0 Å². The molecule has 0 aromatic heterocycles. The van der Waals surface area contributed by atoms with E-state index in [-0.39, 0.29) is 17.1 Å². The molecule has 0 aliphatic heterocycles. The van der Waals surface area contributed by atoms with Crippen LogP contribution in [0.25, 0.3) is 0 Å². The maximum atomic E-state index is 12.5. The van der Waals surface area contributed by atoms with E-state index in [9.17, 15) is 13.5 Å². The summed E-state index contributed by atoms with van der Waals surface area (Å²) in [7, 11) is -3.78. The molecule has 0 fully saturated rings. The van der Waals surface area contributed by atoms with Crippen LogP contribution in [-0.4, -0.2) is 13.5 Å². The first-order chi connectivity index (χ1) is 9.94. The summed E-state index contributed by atoms with van der Waals surface area (Å²) in [5.74, 6) is 0.0697. The molecule has 0 aliphatic rings. The largest absolute Gasteiger partial charge is 0.508 e. The van der Waals surface area contributed by atoms with E-state index in [2.05, 4.69) is 4.72 Å². The Hall–Kier alpha value is -2.52. The van der Waals surface area contributed by atoms with Gasteiger partial charge >= 0.3 is 0 Å². The molecule has 2 aromatic rings. The molecule has 0 atom stereocenters. The number of hydrogen-bond donors (Lipinski definition) is 2. The Morgan fingerprint density at radius 1 is 1.24 bits per heavy atom. The lowest BCUT2D eigenvalue weighted by Gasteiger charge is -2.12. The maximum absolute atomic E-state index is 12.5. The fraction of sp³-hybridized carbons (Fsp3) is 0.133. The number of phenolic OH excluding ortho intramolecular Hbond substituents is 1. The van der Waals surface area contributed by atoms with Crippen LogP contribution in [0, 0.1) is 18.3 Å². The standard InChI is InChI=1S/C15H14N2O3S/c1-11-10-13(18)6-7-14(11)17-21(19,20)15-5-3-2-4-12(15)8-9-16/h2-7,10,17-18H,8H2,1H3.